The third-order valence-corrected chi connectivity index (χ3v) is 3.37. The van der Waals surface area contributed by atoms with Crippen LogP contribution in [0.25, 0.3) is 0 Å². The molecule has 3 nitrogen and oxygen atoms in total. The summed E-state index contributed by atoms with van der Waals surface area (Å²) in [5.41, 5.74) is 1.59. The van der Waals surface area contributed by atoms with Crippen LogP contribution in [-0.2, 0) is 0 Å². The van der Waals surface area contributed by atoms with E-state index in [9.17, 15) is 0 Å². The molecule has 0 unspecified atom stereocenters. The summed E-state index contributed by atoms with van der Waals surface area (Å²) < 4.78 is -0.0983. The molecule has 1 aromatic carbocycles. The Hall–Kier alpha value is -1.04. The third-order valence-electron chi connectivity index (χ3n) is 2.04. The molecule has 19 heavy (non-hydrogen) atoms. The first-order valence-corrected chi connectivity index (χ1v) is 6.91. The van der Waals surface area contributed by atoms with Gasteiger partial charge in [0.25, 0.3) is 3.12 Å². The molecule has 0 fully saturated rings. The highest BCUT2D eigenvalue weighted by molar-refractivity contribution is 8.06. The molecule has 0 saturated heterocycles. The van der Waals surface area contributed by atoms with Gasteiger partial charge in [-0.3, -0.25) is 4.31 Å². The summed E-state index contributed by atoms with van der Waals surface area (Å²) in [6.07, 6.45) is 1.34. The summed E-state index contributed by atoms with van der Waals surface area (Å²) in [5, 5.41) is 17.6. The molecule has 0 aromatic heterocycles. The Morgan fingerprint density at radius 1 is 1.26 bits per heavy atom. The highest BCUT2D eigenvalue weighted by atomic mass is 35.6. The number of para-hydroxylation sites is 1. The minimum Gasteiger partial charge on any atom is -0.286 e. The van der Waals surface area contributed by atoms with Gasteiger partial charge in [0, 0.05) is 18.1 Å². The van der Waals surface area contributed by atoms with Gasteiger partial charge in [0.2, 0.25) is 0 Å². The van der Waals surface area contributed by atoms with E-state index >= 15 is 0 Å². The summed E-state index contributed by atoms with van der Waals surface area (Å²) in [5.74, 6) is 0. The first-order valence-electron chi connectivity index (χ1n) is 5.00. The number of rotatable bonds is 3. The second-order valence-electron chi connectivity index (χ2n) is 3.42. The molecule has 0 amide bonds. The van der Waals surface area contributed by atoms with E-state index in [1.165, 1.54) is 10.5 Å². The lowest BCUT2D eigenvalue weighted by Gasteiger charge is -2.24. The summed E-state index contributed by atoms with van der Waals surface area (Å²) in [7, 11) is 0. The van der Waals surface area contributed by atoms with Crippen molar-refractivity contribution in [2.24, 2.45) is 0 Å². The summed E-state index contributed by atoms with van der Waals surface area (Å²) in [6, 6.07) is 10.9. The Labute approximate surface area is 131 Å². The predicted octanol–water partition coefficient (Wildman–Crippen LogP) is 4.71. The minimum absolute atomic E-state index is 0.0787. The quantitative estimate of drug-likeness (QED) is 0.457. The number of hydrogen-bond donors (Lipinski definition) is 0. The van der Waals surface area contributed by atoms with Gasteiger partial charge < -0.3 is 0 Å². The number of anilines is 1. The Kier molecular flexibility index (Phi) is 5.85. The van der Waals surface area contributed by atoms with Crippen LogP contribution in [0, 0.1) is 29.6 Å². The Balaban J connectivity index is 3.22. The number of nitrogens with zero attached hydrogens (tertiary/aromatic N) is 3. The summed E-state index contributed by atoms with van der Waals surface area (Å²) in [6.45, 7) is 1.88. The summed E-state index contributed by atoms with van der Waals surface area (Å²) >= 11 is 18.2. The third kappa shape index (κ3) is 5.22. The molecule has 1 rings (SSSR count). The van der Waals surface area contributed by atoms with E-state index in [1.807, 2.05) is 31.2 Å². The zero-order chi connectivity index (χ0) is 14.5. The monoisotopic (exact) mass is 331 g/mol. The Morgan fingerprint density at radius 2 is 1.84 bits per heavy atom. The average molecular weight is 333 g/mol. The lowest BCUT2D eigenvalue weighted by molar-refractivity contribution is 1.34. The van der Waals surface area contributed by atoms with Crippen molar-refractivity contribution in [3.8, 4) is 12.1 Å². The molecule has 0 heterocycles. The SMILES string of the molecule is Cc1ccccc1N(C=C(C#N)C#N)SC(Cl)(Cl)Cl. The molecule has 0 bridgehead atoms. The van der Waals surface area contributed by atoms with E-state index in [2.05, 4.69) is 0 Å². The van der Waals surface area contributed by atoms with Gasteiger partial charge in [-0.2, -0.15) is 10.5 Å². The lowest BCUT2D eigenvalue weighted by Crippen LogP contribution is -2.14. The molecular formula is C12H8Cl3N3S. The first kappa shape index (κ1) is 16.0. The number of nitriles is 2. The van der Waals surface area contributed by atoms with Crippen LogP contribution in [0.5, 0.6) is 0 Å². The molecule has 0 atom stereocenters. The van der Waals surface area contributed by atoms with E-state index in [4.69, 9.17) is 45.3 Å². The maximum atomic E-state index is 8.81. The number of halogens is 3. The molecule has 7 heteroatoms. The van der Waals surface area contributed by atoms with Crippen LogP contribution in [-0.4, -0.2) is 3.12 Å². The smallest absolute Gasteiger partial charge is 0.256 e. The zero-order valence-electron chi connectivity index (χ0n) is 9.77. The second-order valence-corrected chi connectivity index (χ2v) is 7.56. The van der Waals surface area contributed by atoms with Crippen LogP contribution in [0.3, 0.4) is 0 Å². The van der Waals surface area contributed by atoms with Gasteiger partial charge in [0.15, 0.2) is 0 Å². The zero-order valence-corrected chi connectivity index (χ0v) is 12.9. The molecule has 1 aromatic rings. The molecular weight excluding hydrogens is 325 g/mol. The fourth-order valence-corrected chi connectivity index (χ4v) is 2.62. The van der Waals surface area contributed by atoms with Gasteiger partial charge in [-0.05, 0) is 18.6 Å². The van der Waals surface area contributed by atoms with Crippen molar-refractivity contribution >= 4 is 52.4 Å². The number of aryl methyl sites for hydroxylation is 1. The van der Waals surface area contributed by atoms with Crippen molar-refractivity contribution in [2.45, 2.75) is 10.0 Å². The topological polar surface area (TPSA) is 50.8 Å². The van der Waals surface area contributed by atoms with Gasteiger partial charge in [-0.25, -0.2) is 0 Å². The van der Waals surface area contributed by atoms with Gasteiger partial charge in [0.1, 0.15) is 17.7 Å². The van der Waals surface area contributed by atoms with Crippen LogP contribution in [0.15, 0.2) is 36.0 Å². The van der Waals surface area contributed by atoms with E-state index in [-0.39, 0.29) is 5.57 Å². The largest absolute Gasteiger partial charge is 0.286 e. The fourth-order valence-electron chi connectivity index (χ4n) is 1.27. The second kappa shape index (κ2) is 6.93. The standard InChI is InChI=1S/C12H8Cl3N3S/c1-9-4-2-3-5-11(9)18(19-12(13,14)15)8-10(6-16)7-17/h2-5,8H,1H3. The Morgan fingerprint density at radius 3 is 2.32 bits per heavy atom. The van der Waals surface area contributed by atoms with Crippen molar-refractivity contribution in [2.75, 3.05) is 4.31 Å². The maximum Gasteiger partial charge on any atom is 0.256 e. The predicted molar refractivity (Wildman–Crippen MR) is 80.8 cm³/mol. The molecule has 0 aliphatic carbocycles. The number of alkyl halides is 3. The molecule has 0 aliphatic rings. The Bertz CT molecular complexity index is 551. The number of allylic oxidation sites excluding steroid dienone is 1. The van der Waals surface area contributed by atoms with E-state index < -0.39 is 3.12 Å². The maximum absolute atomic E-state index is 8.81. The fraction of sp³-hybridized carbons (Fsp3) is 0.167. The van der Waals surface area contributed by atoms with Crippen molar-refractivity contribution in [3.63, 3.8) is 0 Å². The lowest BCUT2D eigenvalue weighted by atomic mass is 10.2. The number of benzene rings is 1. The summed E-state index contributed by atoms with van der Waals surface area (Å²) in [4.78, 5) is 0. The average Bonchev–Trinajstić information content (AvgIpc) is 2.33. The molecule has 0 spiro atoms. The molecule has 0 N–H and O–H groups in total. The van der Waals surface area contributed by atoms with Gasteiger partial charge in [-0.15, -0.1) is 0 Å². The molecule has 0 saturated carbocycles. The van der Waals surface area contributed by atoms with Crippen LogP contribution in [0.4, 0.5) is 5.69 Å². The van der Waals surface area contributed by atoms with Gasteiger partial charge in [0.05, 0.1) is 5.69 Å². The van der Waals surface area contributed by atoms with Crippen molar-refractivity contribution in [1.82, 2.24) is 0 Å². The van der Waals surface area contributed by atoms with Gasteiger partial charge in [-0.1, -0.05) is 53.0 Å². The van der Waals surface area contributed by atoms with E-state index in [0.717, 1.165) is 23.2 Å². The van der Waals surface area contributed by atoms with Crippen molar-refractivity contribution < 1.29 is 0 Å². The highest BCUT2D eigenvalue weighted by Crippen LogP contribution is 2.43. The van der Waals surface area contributed by atoms with Crippen LogP contribution >= 0.6 is 46.8 Å². The van der Waals surface area contributed by atoms with E-state index in [0.29, 0.717) is 0 Å². The van der Waals surface area contributed by atoms with Crippen molar-refractivity contribution in [3.05, 3.63) is 41.6 Å². The van der Waals surface area contributed by atoms with E-state index in [1.54, 1.807) is 12.1 Å². The van der Waals surface area contributed by atoms with Crippen molar-refractivity contribution in [1.29, 1.82) is 10.5 Å². The first-order chi connectivity index (χ1) is 8.87. The van der Waals surface area contributed by atoms with Crippen LogP contribution < -0.4 is 4.31 Å². The number of hydrogen-bond acceptors (Lipinski definition) is 4. The molecule has 0 radical (unpaired) electrons. The van der Waals surface area contributed by atoms with Crippen LogP contribution in [0.2, 0.25) is 0 Å². The minimum atomic E-state index is -1.60. The molecule has 0 aliphatic heterocycles. The molecule has 98 valence electrons. The van der Waals surface area contributed by atoms with Crippen LogP contribution in [0.1, 0.15) is 5.56 Å². The normalized spacial score (nSPS) is 10.2. The van der Waals surface area contributed by atoms with Gasteiger partial charge >= 0.3 is 0 Å². The highest BCUT2D eigenvalue weighted by Gasteiger charge is 2.26.